The van der Waals surface area contributed by atoms with Crippen LogP contribution in [0.3, 0.4) is 0 Å². The topological polar surface area (TPSA) is 32.3 Å². The molecule has 0 atom stereocenters. The lowest BCUT2D eigenvalue weighted by atomic mass is 9.99. The quantitative estimate of drug-likeness (QED) is 0.848. The number of anilines is 3. The molecule has 1 aliphatic rings. The van der Waals surface area contributed by atoms with E-state index in [-0.39, 0.29) is 0 Å². The van der Waals surface area contributed by atoms with E-state index in [1.54, 1.807) is 0 Å². The Morgan fingerprint density at radius 1 is 1.13 bits per heavy atom. The summed E-state index contributed by atoms with van der Waals surface area (Å²) in [5.74, 6) is 2.69. The predicted molar refractivity (Wildman–Crippen MR) is 96.5 cm³/mol. The molecule has 1 aliphatic heterocycles. The summed E-state index contributed by atoms with van der Waals surface area (Å²) in [6, 6.07) is 12.5. The van der Waals surface area contributed by atoms with Crippen LogP contribution in [0.15, 0.2) is 36.4 Å². The second kappa shape index (κ2) is 6.99. The number of rotatable bonds is 4. The Balaban J connectivity index is 1.90. The first-order chi connectivity index (χ1) is 11.2. The van der Waals surface area contributed by atoms with Gasteiger partial charge in [-0.3, -0.25) is 0 Å². The van der Waals surface area contributed by atoms with E-state index in [9.17, 15) is 0 Å². The Hall–Kier alpha value is -2.10. The van der Waals surface area contributed by atoms with Crippen molar-refractivity contribution in [3.8, 4) is 0 Å². The van der Waals surface area contributed by atoms with Gasteiger partial charge in [-0.1, -0.05) is 25.1 Å². The van der Waals surface area contributed by atoms with Crippen LogP contribution in [-0.2, 0) is 0 Å². The fourth-order valence-corrected chi connectivity index (χ4v) is 3.10. The zero-order valence-electron chi connectivity index (χ0n) is 14.4. The molecule has 2 aromatic rings. The van der Waals surface area contributed by atoms with Crippen LogP contribution < -0.4 is 9.80 Å². The zero-order chi connectivity index (χ0) is 16.2. The molecule has 2 heterocycles. The van der Waals surface area contributed by atoms with E-state index in [1.807, 2.05) is 6.07 Å². The highest BCUT2D eigenvalue weighted by atomic mass is 15.3. The maximum atomic E-state index is 4.87. The minimum Gasteiger partial charge on any atom is -0.356 e. The third kappa shape index (κ3) is 3.63. The molecule has 0 spiro atoms. The second-order valence-corrected chi connectivity index (χ2v) is 6.42. The van der Waals surface area contributed by atoms with Gasteiger partial charge in [0, 0.05) is 37.1 Å². The van der Waals surface area contributed by atoms with Crippen molar-refractivity contribution in [2.45, 2.75) is 33.6 Å². The molecule has 4 heteroatoms. The van der Waals surface area contributed by atoms with Gasteiger partial charge in [0.1, 0.15) is 5.82 Å². The van der Waals surface area contributed by atoms with Crippen molar-refractivity contribution in [3.63, 3.8) is 0 Å². The molecule has 4 nitrogen and oxygen atoms in total. The number of nitrogens with zero attached hydrogens (tertiary/aromatic N) is 4. The molecule has 3 rings (SSSR count). The summed E-state index contributed by atoms with van der Waals surface area (Å²) >= 11 is 0. The van der Waals surface area contributed by atoms with Gasteiger partial charge in [0.25, 0.3) is 0 Å². The molecule has 122 valence electrons. The van der Waals surface area contributed by atoms with E-state index >= 15 is 0 Å². The van der Waals surface area contributed by atoms with Gasteiger partial charge in [0.2, 0.25) is 5.95 Å². The van der Waals surface area contributed by atoms with E-state index in [4.69, 9.17) is 4.98 Å². The highest BCUT2D eigenvalue weighted by molar-refractivity contribution is 5.59. The van der Waals surface area contributed by atoms with Crippen molar-refractivity contribution in [3.05, 3.63) is 42.1 Å². The summed E-state index contributed by atoms with van der Waals surface area (Å²) in [6.45, 7) is 9.57. The molecule has 1 aromatic heterocycles. The average molecular weight is 310 g/mol. The first kappa shape index (κ1) is 15.8. The predicted octanol–water partition coefficient (Wildman–Crippen LogP) is 4.18. The van der Waals surface area contributed by atoms with Gasteiger partial charge in [0.15, 0.2) is 0 Å². The number of benzene rings is 1. The molecular weight excluding hydrogens is 284 g/mol. The Labute approximate surface area is 139 Å². The van der Waals surface area contributed by atoms with Crippen LogP contribution in [0.1, 0.15) is 32.4 Å². The molecule has 1 aromatic carbocycles. The maximum Gasteiger partial charge on any atom is 0.232 e. The van der Waals surface area contributed by atoms with Crippen molar-refractivity contribution < 1.29 is 0 Å². The first-order valence-corrected chi connectivity index (χ1v) is 8.60. The van der Waals surface area contributed by atoms with Crippen LogP contribution in [-0.4, -0.2) is 29.6 Å². The number of para-hydroxylation sites is 1. The monoisotopic (exact) mass is 310 g/mol. The lowest BCUT2D eigenvalue weighted by molar-refractivity contribution is 0.436. The van der Waals surface area contributed by atoms with Gasteiger partial charge in [-0.2, -0.15) is 4.98 Å². The standard InChI is InChI=1S/C19H26N4/c1-4-23(17-8-6-5-7-9-17)19-20-16(3)14-18(21-19)22-12-10-15(2)11-13-22/h5-9,14-15H,4,10-13H2,1-3H3. The van der Waals surface area contributed by atoms with Crippen LogP contribution in [0.5, 0.6) is 0 Å². The van der Waals surface area contributed by atoms with Crippen LogP contribution in [0.4, 0.5) is 17.5 Å². The maximum absolute atomic E-state index is 4.87. The van der Waals surface area contributed by atoms with E-state index in [1.165, 1.54) is 12.8 Å². The molecule has 0 bridgehead atoms. The summed E-state index contributed by atoms with van der Waals surface area (Å²) in [4.78, 5) is 14.1. The van der Waals surface area contributed by atoms with Crippen LogP contribution in [0.2, 0.25) is 0 Å². The number of hydrogen-bond acceptors (Lipinski definition) is 4. The van der Waals surface area contributed by atoms with Gasteiger partial charge in [-0.05, 0) is 44.7 Å². The summed E-state index contributed by atoms with van der Waals surface area (Å²) in [5.41, 5.74) is 2.16. The first-order valence-electron chi connectivity index (χ1n) is 8.60. The van der Waals surface area contributed by atoms with Crippen molar-refractivity contribution in [2.24, 2.45) is 5.92 Å². The fraction of sp³-hybridized carbons (Fsp3) is 0.474. The normalized spacial score (nSPS) is 15.7. The van der Waals surface area contributed by atoms with E-state index in [0.717, 1.165) is 48.7 Å². The molecule has 23 heavy (non-hydrogen) atoms. The molecule has 1 saturated heterocycles. The molecule has 0 saturated carbocycles. The summed E-state index contributed by atoms with van der Waals surface area (Å²) in [7, 11) is 0. The molecule has 0 amide bonds. The molecule has 1 fully saturated rings. The lowest BCUT2D eigenvalue weighted by Crippen LogP contribution is -2.34. The van der Waals surface area contributed by atoms with Gasteiger partial charge < -0.3 is 9.80 Å². The summed E-state index contributed by atoms with van der Waals surface area (Å²) in [6.07, 6.45) is 2.49. The molecule has 0 unspecified atom stereocenters. The minimum absolute atomic E-state index is 0.798. The zero-order valence-corrected chi connectivity index (χ0v) is 14.4. The third-order valence-electron chi connectivity index (χ3n) is 4.56. The summed E-state index contributed by atoms with van der Waals surface area (Å²) < 4.78 is 0. The Morgan fingerprint density at radius 2 is 1.83 bits per heavy atom. The van der Waals surface area contributed by atoms with Crippen molar-refractivity contribution in [2.75, 3.05) is 29.4 Å². The number of aryl methyl sites for hydroxylation is 1. The molecule has 0 aliphatic carbocycles. The molecular formula is C19H26N4. The Bertz CT molecular complexity index is 633. The van der Waals surface area contributed by atoms with E-state index < -0.39 is 0 Å². The highest BCUT2D eigenvalue weighted by Gasteiger charge is 2.19. The number of aromatic nitrogens is 2. The third-order valence-corrected chi connectivity index (χ3v) is 4.56. The highest BCUT2D eigenvalue weighted by Crippen LogP contribution is 2.26. The molecule has 0 N–H and O–H groups in total. The lowest BCUT2D eigenvalue weighted by Gasteiger charge is -2.32. The van der Waals surface area contributed by atoms with Crippen molar-refractivity contribution in [1.82, 2.24) is 9.97 Å². The van der Waals surface area contributed by atoms with Crippen molar-refractivity contribution >= 4 is 17.5 Å². The summed E-state index contributed by atoms with van der Waals surface area (Å²) in [5, 5.41) is 0. The van der Waals surface area contributed by atoms with Gasteiger partial charge in [-0.25, -0.2) is 4.98 Å². The molecule has 0 radical (unpaired) electrons. The Kier molecular flexibility index (Phi) is 4.79. The minimum atomic E-state index is 0.798. The van der Waals surface area contributed by atoms with E-state index in [2.05, 4.69) is 65.9 Å². The van der Waals surface area contributed by atoms with Crippen molar-refractivity contribution in [1.29, 1.82) is 0 Å². The second-order valence-electron chi connectivity index (χ2n) is 6.42. The average Bonchev–Trinajstić information content (AvgIpc) is 2.57. The largest absolute Gasteiger partial charge is 0.356 e. The fourth-order valence-electron chi connectivity index (χ4n) is 3.10. The van der Waals surface area contributed by atoms with E-state index in [0.29, 0.717) is 0 Å². The van der Waals surface area contributed by atoms with Crippen LogP contribution >= 0.6 is 0 Å². The van der Waals surface area contributed by atoms with Gasteiger partial charge in [0.05, 0.1) is 0 Å². The smallest absolute Gasteiger partial charge is 0.232 e. The van der Waals surface area contributed by atoms with Crippen LogP contribution in [0.25, 0.3) is 0 Å². The Morgan fingerprint density at radius 3 is 2.48 bits per heavy atom. The van der Waals surface area contributed by atoms with Gasteiger partial charge >= 0.3 is 0 Å². The van der Waals surface area contributed by atoms with Crippen LogP contribution in [0, 0.1) is 12.8 Å². The number of piperidine rings is 1. The van der Waals surface area contributed by atoms with Gasteiger partial charge in [-0.15, -0.1) is 0 Å². The number of hydrogen-bond donors (Lipinski definition) is 0. The SMILES string of the molecule is CCN(c1ccccc1)c1nc(C)cc(N2CCC(C)CC2)n1.